The molecule has 0 bridgehead atoms. The average molecular weight is 487 g/mol. The second-order valence-electron chi connectivity index (χ2n) is 8.21. The second kappa shape index (κ2) is 9.92. The maximum atomic E-state index is 13.1. The van der Waals surface area contributed by atoms with Crippen molar-refractivity contribution in [3.05, 3.63) is 59.0 Å². The summed E-state index contributed by atoms with van der Waals surface area (Å²) in [6.07, 6.45) is 0.393. The zero-order valence-electron chi connectivity index (χ0n) is 19.5. The van der Waals surface area contributed by atoms with E-state index in [-0.39, 0.29) is 18.2 Å². The molecule has 0 spiro atoms. The summed E-state index contributed by atoms with van der Waals surface area (Å²) in [4.78, 5) is 30.1. The lowest BCUT2D eigenvalue weighted by atomic mass is 10.2. The van der Waals surface area contributed by atoms with Gasteiger partial charge in [-0.3, -0.25) is 9.36 Å². The number of hydrogen-bond acceptors (Lipinski definition) is 6. The standard InChI is InChI=1S/C24H30N4O5S/c1-3-17-34(31,32)28-20-10-6-5-9-19(20)27(24(28)30)18-23(29)26-15-13-25(14-16-26)21-11-7-8-12-22(21)33-4-2/h5-12H,3-4,13-18H2,1-2H3. The van der Waals surface area contributed by atoms with Crippen LogP contribution < -0.4 is 15.3 Å². The number of carbonyl (C=O) groups is 1. The van der Waals surface area contributed by atoms with Crippen molar-refractivity contribution in [3.8, 4) is 5.75 Å². The van der Waals surface area contributed by atoms with Gasteiger partial charge in [0.15, 0.2) is 0 Å². The highest BCUT2D eigenvalue weighted by atomic mass is 32.2. The molecule has 0 aliphatic carbocycles. The van der Waals surface area contributed by atoms with E-state index in [1.807, 2.05) is 31.2 Å². The molecule has 0 saturated carbocycles. The molecule has 4 rings (SSSR count). The number of rotatable bonds is 8. The Morgan fingerprint density at radius 3 is 2.26 bits per heavy atom. The first-order valence-electron chi connectivity index (χ1n) is 11.6. The van der Waals surface area contributed by atoms with Gasteiger partial charge in [-0.05, 0) is 37.6 Å². The topological polar surface area (TPSA) is 93.8 Å². The van der Waals surface area contributed by atoms with Gasteiger partial charge in [0.05, 0.1) is 29.1 Å². The average Bonchev–Trinajstić information content (AvgIpc) is 3.11. The molecule has 9 nitrogen and oxygen atoms in total. The summed E-state index contributed by atoms with van der Waals surface area (Å²) < 4.78 is 33.3. The van der Waals surface area contributed by atoms with Crippen LogP contribution in [-0.2, 0) is 21.4 Å². The summed E-state index contributed by atoms with van der Waals surface area (Å²) in [6, 6.07) is 14.5. The van der Waals surface area contributed by atoms with Crippen LogP contribution in [0.5, 0.6) is 5.75 Å². The fourth-order valence-electron chi connectivity index (χ4n) is 4.38. The van der Waals surface area contributed by atoms with E-state index in [2.05, 4.69) is 4.90 Å². The van der Waals surface area contributed by atoms with Gasteiger partial charge in [-0.1, -0.05) is 31.2 Å². The van der Waals surface area contributed by atoms with E-state index in [9.17, 15) is 18.0 Å². The SMILES string of the molecule is CCCS(=O)(=O)n1c(=O)n(CC(=O)N2CCN(c3ccccc3OCC)CC2)c2ccccc21. The lowest BCUT2D eigenvalue weighted by molar-refractivity contribution is -0.132. The zero-order valence-corrected chi connectivity index (χ0v) is 20.3. The first-order chi connectivity index (χ1) is 16.4. The molecule has 0 unspecified atom stereocenters. The summed E-state index contributed by atoms with van der Waals surface area (Å²) in [5.74, 6) is 0.466. The predicted octanol–water partition coefficient (Wildman–Crippen LogP) is 2.14. The molecule has 10 heteroatoms. The summed E-state index contributed by atoms with van der Waals surface area (Å²) in [6.45, 7) is 6.34. The van der Waals surface area contributed by atoms with Gasteiger partial charge in [-0.2, -0.15) is 3.97 Å². The van der Waals surface area contributed by atoms with Gasteiger partial charge in [-0.15, -0.1) is 0 Å². The highest BCUT2D eigenvalue weighted by Gasteiger charge is 2.27. The number of amides is 1. The van der Waals surface area contributed by atoms with Crippen LogP contribution in [0.4, 0.5) is 5.69 Å². The molecule has 1 fully saturated rings. The van der Waals surface area contributed by atoms with Gasteiger partial charge in [0.1, 0.15) is 12.3 Å². The molecule has 1 amide bonds. The smallest absolute Gasteiger partial charge is 0.343 e. The molecule has 1 aliphatic rings. The largest absolute Gasteiger partial charge is 0.492 e. The maximum Gasteiger partial charge on any atom is 0.343 e. The Morgan fingerprint density at radius 1 is 0.941 bits per heavy atom. The third kappa shape index (κ3) is 4.54. The Kier molecular flexibility index (Phi) is 6.97. The number of aromatic nitrogens is 2. The number of hydrogen-bond donors (Lipinski definition) is 0. The van der Waals surface area contributed by atoms with Gasteiger partial charge in [-0.25, -0.2) is 13.2 Å². The first kappa shape index (κ1) is 23.9. The van der Waals surface area contributed by atoms with E-state index < -0.39 is 15.7 Å². The molecular formula is C24H30N4O5S. The zero-order chi connectivity index (χ0) is 24.3. The minimum absolute atomic E-state index is 0.139. The van der Waals surface area contributed by atoms with E-state index in [4.69, 9.17) is 4.74 Å². The normalized spacial score (nSPS) is 14.5. The fourth-order valence-corrected chi connectivity index (χ4v) is 5.87. The fraction of sp³-hybridized carbons (Fsp3) is 0.417. The Labute approximate surface area is 199 Å². The Bertz CT molecular complexity index is 1340. The minimum Gasteiger partial charge on any atom is -0.492 e. The highest BCUT2D eigenvalue weighted by molar-refractivity contribution is 7.90. The van der Waals surface area contributed by atoms with Crippen LogP contribution >= 0.6 is 0 Å². The molecule has 0 radical (unpaired) electrons. The lowest BCUT2D eigenvalue weighted by Crippen LogP contribution is -2.50. The molecule has 2 aromatic carbocycles. The molecule has 3 aromatic rings. The van der Waals surface area contributed by atoms with Gasteiger partial charge in [0.2, 0.25) is 15.9 Å². The van der Waals surface area contributed by atoms with Crippen LogP contribution in [0.2, 0.25) is 0 Å². The van der Waals surface area contributed by atoms with Gasteiger partial charge in [0.25, 0.3) is 0 Å². The van der Waals surface area contributed by atoms with Crippen molar-refractivity contribution < 1.29 is 17.9 Å². The number of imidazole rings is 1. The van der Waals surface area contributed by atoms with Crippen molar-refractivity contribution in [2.45, 2.75) is 26.8 Å². The van der Waals surface area contributed by atoms with Crippen molar-refractivity contribution in [2.75, 3.05) is 43.4 Å². The summed E-state index contributed by atoms with van der Waals surface area (Å²) in [5, 5.41) is 0. The molecule has 1 aromatic heterocycles. The molecular weight excluding hydrogens is 456 g/mol. The van der Waals surface area contributed by atoms with Crippen LogP contribution in [-0.4, -0.2) is 66.3 Å². The number of fused-ring (bicyclic) bond motifs is 1. The summed E-state index contributed by atoms with van der Waals surface area (Å²) >= 11 is 0. The van der Waals surface area contributed by atoms with Crippen molar-refractivity contribution in [2.24, 2.45) is 0 Å². The summed E-state index contributed by atoms with van der Waals surface area (Å²) in [5.41, 5.74) is 1.03. The molecule has 182 valence electrons. The first-order valence-corrected chi connectivity index (χ1v) is 13.2. The Balaban J connectivity index is 1.53. The van der Waals surface area contributed by atoms with E-state index in [1.165, 1.54) is 4.57 Å². The van der Waals surface area contributed by atoms with Crippen LogP contribution in [0.1, 0.15) is 20.3 Å². The number of para-hydroxylation sites is 4. The molecule has 0 atom stereocenters. The van der Waals surface area contributed by atoms with Gasteiger partial charge in [0, 0.05) is 26.2 Å². The number of carbonyl (C=O) groups excluding carboxylic acids is 1. The number of anilines is 1. The quantitative estimate of drug-likeness (QED) is 0.484. The third-order valence-corrected chi connectivity index (χ3v) is 7.80. The third-order valence-electron chi connectivity index (χ3n) is 5.97. The molecule has 2 heterocycles. The number of nitrogens with zero attached hydrogens (tertiary/aromatic N) is 4. The highest BCUT2D eigenvalue weighted by Crippen LogP contribution is 2.29. The van der Waals surface area contributed by atoms with E-state index in [1.54, 1.807) is 36.1 Å². The van der Waals surface area contributed by atoms with Crippen molar-refractivity contribution in [1.82, 2.24) is 13.4 Å². The van der Waals surface area contributed by atoms with Crippen LogP contribution in [0.3, 0.4) is 0 Å². The van der Waals surface area contributed by atoms with E-state index in [0.29, 0.717) is 50.2 Å². The molecule has 0 N–H and O–H groups in total. The number of ether oxygens (including phenoxy) is 1. The van der Waals surface area contributed by atoms with Crippen molar-refractivity contribution in [1.29, 1.82) is 0 Å². The van der Waals surface area contributed by atoms with Crippen molar-refractivity contribution >= 4 is 32.7 Å². The second-order valence-corrected chi connectivity index (χ2v) is 10.1. The maximum absolute atomic E-state index is 13.1. The predicted molar refractivity (Wildman–Crippen MR) is 132 cm³/mol. The summed E-state index contributed by atoms with van der Waals surface area (Å²) in [7, 11) is -3.81. The van der Waals surface area contributed by atoms with Crippen LogP contribution in [0.25, 0.3) is 11.0 Å². The van der Waals surface area contributed by atoms with Crippen molar-refractivity contribution in [3.63, 3.8) is 0 Å². The van der Waals surface area contributed by atoms with Crippen LogP contribution in [0, 0.1) is 0 Å². The Hall–Kier alpha value is -3.27. The van der Waals surface area contributed by atoms with Gasteiger partial charge >= 0.3 is 5.69 Å². The number of piperazine rings is 1. The van der Waals surface area contributed by atoms with Crippen LogP contribution in [0.15, 0.2) is 53.3 Å². The van der Waals surface area contributed by atoms with E-state index in [0.717, 1.165) is 15.4 Å². The lowest BCUT2D eigenvalue weighted by Gasteiger charge is -2.36. The molecule has 1 saturated heterocycles. The molecule has 1 aliphatic heterocycles. The Morgan fingerprint density at radius 2 is 1.59 bits per heavy atom. The van der Waals surface area contributed by atoms with E-state index >= 15 is 0 Å². The molecule has 34 heavy (non-hydrogen) atoms. The number of benzene rings is 2. The van der Waals surface area contributed by atoms with Gasteiger partial charge < -0.3 is 14.5 Å². The minimum atomic E-state index is -3.81. The monoisotopic (exact) mass is 486 g/mol.